The zero-order chi connectivity index (χ0) is 13.8. The van der Waals surface area contributed by atoms with Crippen molar-refractivity contribution < 1.29 is 4.84 Å². The Morgan fingerprint density at radius 3 is 1.89 bits per heavy atom. The van der Waals surface area contributed by atoms with E-state index in [2.05, 4.69) is 19.0 Å². The number of rotatable bonds is 9. The number of oxime groups is 1. The molecule has 0 fully saturated rings. The normalized spacial score (nSPS) is 10.0. The quantitative estimate of drug-likeness (QED) is 0.384. The number of nitrogens with zero attached hydrogens (tertiary/aromatic N) is 2. The van der Waals surface area contributed by atoms with Gasteiger partial charge in [-0.1, -0.05) is 31.8 Å². The van der Waals surface area contributed by atoms with Gasteiger partial charge >= 0.3 is 6.02 Å². The van der Waals surface area contributed by atoms with Gasteiger partial charge in [-0.05, 0) is 39.5 Å². The SMILES string of the molecule is CCCCC(CCCC)=NOC(=N)N(CC)CC. The number of unbranched alkanes of at least 4 members (excludes halogenated alkanes) is 2. The fourth-order valence-corrected chi connectivity index (χ4v) is 1.65. The minimum atomic E-state index is 0.158. The van der Waals surface area contributed by atoms with E-state index < -0.39 is 0 Å². The first-order valence-electron chi connectivity index (χ1n) is 7.25. The lowest BCUT2D eigenvalue weighted by atomic mass is 10.1. The molecule has 1 N–H and O–H groups in total. The van der Waals surface area contributed by atoms with Gasteiger partial charge in [-0.2, -0.15) is 0 Å². The minimum Gasteiger partial charge on any atom is -0.326 e. The summed E-state index contributed by atoms with van der Waals surface area (Å²) in [5.41, 5.74) is 1.09. The summed E-state index contributed by atoms with van der Waals surface area (Å²) in [7, 11) is 0. The molecular formula is C14H29N3O. The Kier molecular flexibility index (Phi) is 10.4. The zero-order valence-electron chi connectivity index (χ0n) is 12.5. The van der Waals surface area contributed by atoms with Crippen molar-refractivity contribution in [1.29, 1.82) is 5.41 Å². The Labute approximate surface area is 112 Å². The molecule has 0 rings (SSSR count). The lowest BCUT2D eigenvalue weighted by Crippen LogP contribution is -2.30. The van der Waals surface area contributed by atoms with E-state index in [0.29, 0.717) is 0 Å². The Morgan fingerprint density at radius 2 is 1.50 bits per heavy atom. The van der Waals surface area contributed by atoms with E-state index in [9.17, 15) is 0 Å². The molecule has 106 valence electrons. The first-order chi connectivity index (χ1) is 8.69. The predicted octanol–water partition coefficient (Wildman–Crippen LogP) is 4.02. The maximum Gasteiger partial charge on any atom is 0.314 e. The van der Waals surface area contributed by atoms with Gasteiger partial charge in [0.25, 0.3) is 0 Å². The highest BCUT2D eigenvalue weighted by atomic mass is 16.6. The first-order valence-corrected chi connectivity index (χ1v) is 7.25. The van der Waals surface area contributed by atoms with Crippen LogP contribution >= 0.6 is 0 Å². The van der Waals surface area contributed by atoms with Gasteiger partial charge in [-0.25, -0.2) is 5.41 Å². The highest BCUT2D eigenvalue weighted by Gasteiger charge is 2.07. The van der Waals surface area contributed by atoms with E-state index in [4.69, 9.17) is 10.2 Å². The van der Waals surface area contributed by atoms with Crippen LogP contribution < -0.4 is 0 Å². The molecule has 0 aromatic heterocycles. The largest absolute Gasteiger partial charge is 0.326 e. The summed E-state index contributed by atoms with van der Waals surface area (Å²) < 4.78 is 0. The topological polar surface area (TPSA) is 48.7 Å². The molecule has 0 spiro atoms. The molecule has 0 aromatic carbocycles. The number of hydrogen-bond donors (Lipinski definition) is 1. The number of nitrogens with one attached hydrogen (secondary N) is 1. The van der Waals surface area contributed by atoms with Crippen LogP contribution in [0.2, 0.25) is 0 Å². The van der Waals surface area contributed by atoms with E-state index in [0.717, 1.165) is 44.5 Å². The smallest absolute Gasteiger partial charge is 0.314 e. The first kappa shape index (κ1) is 16.9. The maximum atomic E-state index is 7.79. The van der Waals surface area contributed by atoms with Crippen LogP contribution in [-0.4, -0.2) is 29.7 Å². The molecule has 0 unspecified atom stereocenters. The maximum absolute atomic E-state index is 7.79. The van der Waals surface area contributed by atoms with Gasteiger partial charge in [0.1, 0.15) is 0 Å². The van der Waals surface area contributed by atoms with Crippen molar-refractivity contribution in [3.8, 4) is 0 Å². The van der Waals surface area contributed by atoms with Crippen LogP contribution in [0.1, 0.15) is 66.2 Å². The molecular weight excluding hydrogens is 226 g/mol. The highest BCUT2D eigenvalue weighted by Crippen LogP contribution is 2.06. The number of hydrogen-bond acceptors (Lipinski definition) is 3. The number of amidine groups is 1. The summed E-state index contributed by atoms with van der Waals surface area (Å²) >= 11 is 0. The zero-order valence-corrected chi connectivity index (χ0v) is 12.5. The van der Waals surface area contributed by atoms with Crippen molar-refractivity contribution in [2.24, 2.45) is 5.16 Å². The van der Waals surface area contributed by atoms with Crippen LogP contribution in [0.4, 0.5) is 0 Å². The average Bonchev–Trinajstić information content (AvgIpc) is 2.39. The van der Waals surface area contributed by atoms with Crippen LogP contribution in [0.25, 0.3) is 0 Å². The van der Waals surface area contributed by atoms with Crippen LogP contribution in [-0.2, 0) is 4.84 Å². The van der Waals surface area contributed by atoms with Crippen LogP contribution in [0.15, 0.2) is 5.16 Å². The van der Waals surface area contributed by atoms with Crippen molar-refractivity contribution >= 4 is 11.7 Å². The standard InChI is InChI=1S/C14H29N3O/c1-5-9-11-13(12-10-6-2)16-18-14(15)17(7-3)8-4/h15H,5-12H2,1-4H3. The Balaban J connectivity index is 4.30. The van der Waals surface area contributed by atoms with Gasteiger partial charge in [0.15, 0.2) is 0 Å². The second-order valence-electron chi connectivity index (χ2n) is 4.43. The molecule has 4 heteroatoms. The Hall–Kier alpha value is -1.06. The molecule has 0 aromatic rings. The molecule has 0 saturated heterocycles. The van der Waals surface area contributed by atoms with E-state index in [1.165, 1.54) is 12.8 Å². The molecule has 0 saturated carbocycles. The van der Waals surface area contributed by atoms with E-state index in [1.54, 1.807) is 0 Å². The van der Waals surface area contributed by atoms with E-state index >= 15 is 0 Å². The summed E-state index contributed by atoms with van der Waals surface area (Å²) in [4.78, 5) is 7.09. The van der Waals surface area contributed by atoms with Gasteiger partial charge in [0.05, 0.1) is 5.71 Å². The van der Waals surface area contributed by atoms with E-state index in [1.807, 2.05) is 18.7 Å². The third-order valence-corrected chi connectivity index (χ3v) is 2.95. The minimum absolute atomic E-state index is 0.158. The van der Waals surface area contributed by atoms with Gasteiger partial charge in [0.2, 0.25) is 0 Å². The third-order valence-electron chi connectivity index (χ3n) is 2.95. The second kappa shape index (κ2) is 11.1. The fraction of sp³-hybridized carbons (Fsp3) is 0.857. The van der Waals surface area contributed by atoms with Crippen molar-refractivity contribution in [3.63, 3.8) is 0 Å². The third kappa shape index (κ3) is 7.30. The average molecular weight is 255 g/mol. The molecule has 0 heterocycles. The lowest BCUT2D eigenvalue weighted by Gasteiger charge is -2.18. The molecule has 0 radical (unpaired) electrons. The van der Waals surface area contributed by atoms with Gasteiger partial charge in [-0.3, -0.25) is 0 Å². The molecule has 0 aliphatic carbocycles. The predicted molar refractivity (Wildman–Crippen MR) is 78.2 cm³/mol. The lowest BCUT2D eigenvalue weighted by molar-refractivity contribution is 0.244. The van der Waals surface area contributed by atoms with Gasteiger partial charge in [0, 0.05) is 13.1 Å². The summed E-state index contributed by atoms with van der Waals surface area (Å²) in [6.45, 7) is 9.95. The molecule has 0 amide bonds. The molecule has 0 bridgehead atoms. The van der Waals surface area contributed by atoms with Crippen LogP contribution in [0.5, 0.6) is 0 Å². The fourth-order valence-electron chi connectivity index (χ4n) is 1.65. The molecule has 4 nitrogen and oxygen atoms in total. The molecule has 0 atom stereocenters. The van der Waals surface area contributed by atoms with Gasteiger partial charge < -0.3 is 9.74 Å². The summed E-state index contributed by atoms with van der Waals surface area (Å²) in [6.07, 6.45) is 6.59. The molecule has 0 aliphatic rings. The monoisotopic (exact) mass is 255 g/mol. The van der Waals surface area contributed by atoms with Crippen LogP contribution in [0.3, 0.4) is 0 Å². The summed E-state index contributed by atoms with van der Waals surface area (Å²) in [6, 6.07) is 0.158. The van der Waals surface area contributed by atoms with Crippen molar-refractivity contribution in [3.05, 3.63) is 0 Å². The Morgan fingerprint density at radius 1 is 1.00 bits per heavy atom. The summed E-state index contributed by atoms with van der Waals surface area (Å²) in [5, 5.41) is 12.0. The molecule has 0 aliphatic heterocycles. The highest BCUT2D eigenvalue weighted by molar-refractivity contribution is 5.84. The van der Waals surface area contributed by atoms with E-state index in [-0.39, 0.29) is 6.02 Å². The van der Waals surface area contributed by atoms with Crippen LogP contribution in [0, 0.1) is 5.41 Å². The van der Waals surface area contributed by atoms with Crippen molar-refractivity contribution in [1.82, 2.24) is 4.90 Å². The summed E-state index contributed by atoms with van der Waals surface area (Å²) in [5.74, 6) is 0. The second-order valence-corrected chi connectivity index (χ2v) is 4.43. The van der Waals surface area contributed by atoms with Crippen molar-refractivity contribution in [2.45, 2.75) is 66.2 Å². The van der Waals surface area contributed by atoms with Crippen molar-refractivity contribution in [2.75, 3.05) is 13.1 Å². The van der Waals surface area contributed by atoms with Gasteiger partial charge in [-0.15, -0.1) is 0 Å². The Bertz CT molecular complexity index is 237. The molecule has 18 heavy (non-hydrogen) atoms.